The van der Waals surface area contributed by atoms with Crippen molar-refractivity contribution in [1.82, 2.24) is 10.3 Å². The third-order valence-corrected chi connectivity index (χ3v) is 3.10. The van der Waals surface area contributed by atoms with Gasteiger partial charge >= 0.3 is 0 Å². The third-order valence-electron chi connectivity index (χ3n) is 3.10. The molecule has 1 rings (SSSR count). The van der Waals surface area contributed by atoms with Gasteiger partial charge in [-0.25, -0.2) is 4.98 Å². The van der Waals surface area contributed by atoms with Crippen molar-refractivity contribution in [2.45, 2.75) is 65.3 Å². The highest BCUT2D eigenvalue weighted by atomic mass is 16.4. The van der Waals surface area contributed by atoms with Crippen LogP contribution < -0.4 is 5.32 Å². The fraction of sp³-hybridized carbons (Fsp3) is 0.786. The summed E-state index contributed by atoms with van der Waals surface area (Å²) in [6.07, 6.45) is 3.77. The molecule has 0 bridgehead atoms. The first-order valence-electron chi connectivity index (χ1n) is 6.45. The van der Waals surface area contributed by atoms with Gasteiger partial charge in [-0.3, -0.25) is 0 Å². The number of oxazole rings is 1. The number of hydrogen-bond donors (Lipinski definition) is 1. The van der Waals surface area contributed by atoms with Crippen molar-refractivity contribution in [1.29, 1.82) is 0 Å². The van der Waals surface area contributed by atoms with Gasteiger partial charge in [-0.15, -0.1) is 0 Å². The quantitative estimate of drug-likeness (QED) is 0.855. The van der Waals surface area contributed by atoms with E-state index in [0.29, 0.717) is 0 Å². The zero-order chi connectivity index (χ0) is 13.1. The van der Waals surface area contributed by atoms with E-state index in [9.17, 15) is 0 Å². The van der Waals surface area contributed by atoms with E-state index in [-0.39, 0.29) is 11.0 Å². The molecular formula is C14H26N2O. The van der Waals surface area contributed by atoms with Crippen molar-refractivity contribution >= 4 is 0 Å². The fourth-order valence-electron chi connectivity index (χ4n) is 1.46. The van der Waals surface area contributed by atoms with Crippen molar-refractivity contribution in [3.63, 3.8) is 0 Å². The molecule has 0 fully saturated rings. The largest absolute Gasteiger partial charge is 0.445 e. The Morgan fingerprint density at radius 3 is 2.41 bits per heavy atom. The van der Waals surface area contributed by atoms with Crippen molar-refractivity contribution in [2.24, 2.45) is 0 Å². The van der Waals surface area contributed by atoms with Crippen LogP contribution in [0.1, 0.15) is 59.6 Å². The van der Waals surface area contributed by atoms with E-state index >= 15 is 0 Å². The number of rotatable bonds is 5. The van der Waals surface area contributed by atoms with Gasteiger partial charge in [-0.2, -0.15) is 0 Å². The number of nitrogens with one attached hydrogen (secondary N) is 1. The van der Waals surface area contributed by atoms with Crippen LogP contribution in [0, 0.1) is 0 Å². The van der Waals surface area contributed by atoms with E-state index in [0.717, 1.165) is 31.0 Å². The molecule has 0 aliphatic rings. The summed E-state index contributed by atoms with van der Waals surface area (Å²) in [7, 11) is 0. The fourth-order valence-corrected chi connectivity index (χ4v) is 1.46. The lowest BCUT2D eigenvalue weighted by atomic mass is 9.88. The molecule has 1 heterocycles. The van der Waals surface area contributed by atoms with Crippen LogP contribution in [0.2, 0.25) is 0 Å². The normalized spacial score (nSPS) is 13.1. The average Bonchev–Trinajstić information content (AvgIpc) is 2.65. The van der Waals surface area contributed by atoms with Gasteiger partial charge in [0.25, 0.3) is 0 Å². The molecule has 0 saturated carbocycles. The van der Waals surface area contributed by atoms with E-state index < -0.39 is 0 Å². The van der Waals surface area contributed by atoms with Gasteiger partial charge < -0.3 is 9.73 Å². The second-order valence-electron chi connectivity index (χ2n) is 6.28. The molecule has 0 aliphatic carbocycles. The number of hydrogen-bond acceptors (Lipinski definition) is 3. The van der Waals surface area contributed by atoms with Crippen LogP contribution in [-0.2, 0) is 11.8 Å². The second kappa shape index (κ2) is 5.21. The molecule has 98 valence electrons. The van der Waals surface area contributed by atoms with Crippen molar-refractivity contribution < 1.29 is 4.42 Å². The number of aromatic nitrogens is 1. The van der Waals surface area contributed by atoms with E-state index in [1.807, 2.05) is 6.20 Å². The Kier molecular flexibility index (Phi) is 4.36. The minimum absolute atomic E-state index is 0.0860. The van der Waals surface area contributed by atoms with Crippen LogP contribution in [0.25, 0.3) is 0 Å². The lowest BCUT2D eigenvalue weighted by Crippen LogP contribution is -2.37. The zero-order valence-corrected chi connectivity index (χ0v) is 12.1. The lowest BCUT2D eigenvalue weighted by molar-refractivity contribution is 0.348. The van der Waals surface area contributed by atoms with Crippen LogP contribution in [-0.4, -0.2) is 17.1 Å². The maximum atomic E-state index is 5.80. The molecule has 0 radical (unpaired) electrons. The Morgan fingerprint density at radius 2 is 1.88 bits per heavy atom. The minimum Gasteiger partial charge on any atom is -0.445 e. The molecule has 1 aromatic heterocycles. The highest BCUT2D eigenvalue weighted by Gasteiger charge is 2.22. The summed E-state index contributed by atoms with van der Waals surface area (Å²) in [6, 6.07) is 0. The molecule has 3 heteroatoms. The summed E-state index contributed by atoms with van der Waals surface area (Å²) in [5.41, 5.74) is 0.237. The summed E-state index contributed by atoms with van der Waals surface area (Å²) in [5, 5.41) is 3.43. The molecule has 0 saturated heterocycles. The third kappa shape index (κ3) is 4.50. The Hall–Kier alpha value is -0.830. The summed E-state index contributed by atoms with van der Waals surface area (Å²) in [5.74, 6) is 1.82. The Bertz CT molecular complexity index is 347. The molecule has 0 aromatic carbocycles. The van der Waals surface area contributed by atoms with E-state index in [1.54, 1.807) is 0 Å². The molecule has 0 aliphatic heterocycles. The van der Waals surface area contributed by atoms with Crippen LogP contribution in [0.3, 0.4) is 0 Å². The van der Waals surface area contributed by atoms with Crippen LogP contribution in [0.15, 0.2) is 10.6 Å². The molecule has 17 heavy (non-hydrogen) atoms. The number of nitrogens with zero attached hydrogens (tertiary/aromatic N) is 1. The van der Waals surface area contributed by atoms with E-state index in [4.69, 9.17) is 4.42 Å². The molecule has 0 spiro atoms. The van der Waals surface area contributed by atoms with Gasteiger partial charge in [0.2, 0.25) is 0 Å². The van der Waals surface area contributed by atoms with Gasteiger partial charge in [0.1, 0.15) is 5.76 Å². The minimum atomic E-state index is 0.0860. The lowest BCUT2D eigenvalue weighted by Gasteiger charge is -2.20. The highest BCUT2D eigenvalue weighted by molar-refractivity contribution is 5.07. The molecule has 3 nitrogen and oxygen atoms in total. The van der Waals surface area contributed by atoms with Crippen LogP contribution in [0.4, 0.5) is 0 Å². The average molecular weight is 238 g/mol. The first kappa shape index (κ1) is 14.2. The predicted octanol–water partition coefficient (Wildman–Crippen LogP) is 3.29. The first-order valence-corrected chi connectivity index (χ1v) is 6.45. The van der Waals surface area contributed by atoms with Gasteiger partial charge in [0.15, 0.2) is 5.89 Å². The van der Waals surface area contributed by atoms with E-state index in [1.165, 1.54) is 0 Å². The van der Waals surface area contributed by atoms with Gasteiger partial charge in [0.05, 0.1) is 6.20 Å². The predicted molar refractivity (Wildman–Crippen MR) is 71.3 cm³/mol. The maximum Gasteiger partial charge on any atom is 0.195 e. The van der Waals surface area contributed by atoms with Gasteiger partial charge in [-0.05, 0) is 27.2 Å². The SMILES string of the molecule is CCC(C)(C)c1cnc(CCNC(C)(C)C)o1. The van der Waals surface area contributed by atoms with E-state index in [2.05, 4.69) is 51.8 Å². The monoisotopic (exact) mass is 238 g/mol. The maximum absolute atomic E-state index is 5.80. The highest BCUT2D eigenvalue weighted by Crippen LogP contribution is 2.27. The Labute approximate surface area is 105 Å². The van der Waals surface area contributed by atoms with Crippen molar-refractivity contribution in [3.05, 3.63) is 17.8 Å². The summed E-state index contributed by atoms with van der Waals surface area (Å²) < 4.78 is 5.80. The molecule has 0 unspecified atom stereocenters. The summed E-state index contributed by atoms with van der Waals surface area (Å²) in [4.78, 5) is 4.34. The topological polar surface area (TPSA) is 38.1 Å². The zero-order valence-electron chi connectivity index (χ0n) is 12.1. The van der Waals surface area contributed by atoms with Crippen molar-refractivity contribution in [2.75, 3.05) is 6.54 Å². The Morgan fingerprint density at radius 1 is 1.24 bits per heavy atom. The van der Waals surface area contributed by atoms with Gasteiger partial charge in [0, 0.05) is 23.9 Å². The molecule has 1 N–H and O–H groups in total. The molecular weight excluding hydrogens is 212 g/mol. The summed E-state index contributed by atoms with van der Waals surface area (Å²) >= 11 is 0. The van der Waals surface area contributed by atoms with Crippen LogP contribution >= 0.6 is 0 Å². The first-order chi connectivity index (χ1) is 7.74. The molecule has 1 aromatic rings. The Balaban J connectivity index is 2.52. The van der Waals surface area contributed by atoms with Crippen molar-refractivity contribution in [3.8, 4) is 0 Å². The smallest absolute Gasteiger partial charge is 0.195 e. The van der Waals surface area contributed by atoms with Crippen LogP contribution in [0.5, 0.6) is 0 Å². The van der Waals surface area contributed by atoms with Gasteiger partial charge in [-0.1, -0.05) is 20.8 Å². The molecule has 0 amide bonds. The summed E-state index contributed by atoms with van der Waals surface area (Å²) in [6.45, 7) is 13.9. The standard InChI is InChI=1S/C14H26N2O/c1-7-14(5,6)11-10-15-12(17-11)8-9-16-13(2,3)4/h10,16H,7-9H2,1-6H3. The second-order valence-corrected chi connectivity index (χ2v) is 6.28. The molecule has 0 atom stereocenters.